The lowest BCUT2D eigenvalue weighted by Gasteiger charge is -1.99. The van der Waals surface area contributed by atoms with Crippen molar-refractivity contribution in [3.05, 3.63) is 35.6 Å². The molecule has 2 nitrogen and oxygen atoms in total. The van der Waals surface area contributed by atoms with Gasteiger partial charge in [-0.3, -0.25) is 4.79 Å². The number of hydrogen-bond acceptors (Lipinski definition) is 1. The van der Waals surface area contributed by atoms with Gasteiger partial charge in [-0.05, 0) is 24.0 Å². The molecular formula is C10H10FNO. The third-order valence-electron chi connectivity index (χ3n) is 2.46. The van der Waals surface area contributed by atoms with Crippen molar-refractivity contribution < 1.29 is 9.18 Å². The van der Waals surface area contributed by atoms with Gasteiger partial charge >= 0.3 is 0 Å². The Morgan fingerprint density at radius 2 is 2.15 bits per heavy atom. The highest BCUT2D eigenvalue weighted by Crippen LogP contribution is 2.47. The van der Waals surface area contributed by atoms with E-state index in [0.29, 0.717) is 12.0 Å². The monoisotopic (exact) mass is 179 g/mol. The molecule has 1 fully saturated rings. The molecule has 0 aromatic heterocycles. The van der Waals surface area contributed by atoms with Gasteiger partial charge in [0.2, 0.25) is 5.91 Å². The van der Waals surface area contributed by atoms with E-state index >= 15 is 0 Å². The summed E-state index contributed by atoms with van der Waals surface area (Å²) in [7, 11) is 0. The van der Waals surface area contributed by atoms with Gasteiger partial charge in [0.1, 0.15) is 5.82 Å². The lowest BCUT2D eigenvalue weighted by atomic mass is 10.1. The fourth-order valence-corrected chi connectivity index (χ4v) is 1.63. The quantitative estimate of drug-likeness (QED) is 0.732. The van der Waals surface area contributed by atoms with Crippen LogP contribution < -0.4 is 5.73 Å². The van der Waals surface area contributed by atoms with Crippen LogP contribution in [0.15, 0.2) is 24.3 Å². The zero-order valence-corrected chi connectivity index (χ0v) is 7.03. The van der Waals surface area contributed by atoms with Crippen molar-refractivity contribution in [3.63, 3.8) is 0 Å². The van der Waals surface area contributed by atoms with Gasteiger partial charge in [0.15, 0.2) is 0 Å². The summed E-state index contributed by atoms with van der Waals surface area (Å²) in [6.45, 7) is 0. The molecule has 1 aromatic carbocycles. The van der Waals surface area contributed by atoms with Crippen molar-refractivity contribution in [1.82, 2.24) is 0 Å². The van der Waals surface area contributed by atoms with Gasteiger partial charge in [-0.25, -0.2) is 4.39 Å². The maximum absolute atomic E-state index is 13.2. The Balaban J connectivity index is 2.21. The van der Waals surface area contributed by atoms with Gasteiger partial charge in [-0.15, -0.1) is 0 Å². The molecule has 0 heterocycles. The van der Waals surface area contributed by atoms with Gasteiger partial charge in [0.25, 0.3) is 0 Å². The zero-order valence-electron chi connectivity index (χ0n) is 7.03. The summed E-state index contributed by atoms with van der Waals surface area (Å²) in [5, 5.41) is 0. The Hall–Kier alpha value is -1.38. The van der Waals surface area contributed by atoms with Gasteiger partial charge in [0.05, 0.1) is 0 Å². The summed E-state index contributed by atoms with van der Waals surface area (Å²) < 4.78 is 13.2. The Labute approximate surface area is 75.6 Å². The zero-order chi connectivity index (χ0) is 9.42. The van der Waals surface area contributed by atoms with Gasteiger partial charge in [0, 0.05) is 5.92 Å². The molecule has 2 rings (SSSR count). The Morgan fingerprint density at radius 3 is 2.69 bits per heavy atom. The second-order valence-corrected chi connectivity index (χ2v) is 3.37. The number of nitrogens with two attached hydrogens (primary N) is 1. The molecular weight excluding hydrogens is 169 g/mol. The highest BCUT2D eigenvalue weighted by Gasteiger charge is 2.43. The molecule has 68 valence electrons. The molecule has 2 N–H and O–H groups in total. The molecule has 0 aliphatic heterocycles. The third kappa shape index (κ3) is 1.41. The summed E-state index contributed by atoms with van der Waals surface area (Å²) in [6.07, 6.45) is 0.691. The van der Waals surface area contributed by atoms with Gasteiger partial charge < -0.3 is 5.73 Å². The molecule has 0 radical (unpaired) electrons. The van der Waals surface area contributed by atoms with E-state index in [4.69, 9.17) is 5.73 Å². The van der Waals surface area contributed by atoms with Crippen LogP contribution in [0.5, 0.6) is 0 Å². The number of amides is 1. The second kappa shape index (κ2) is 2.83. The van der Waals surface area contributed by atoms with Crippen molar-refractivity contribution in [2.45, 2.75) is 12.3 Å². The summed E-state index contributed by atoms with van der Waals surface area (Å²) in [4.78, 5) is 10.8. The van der Waals surface area contributed by atoms with Crippen molar-refractivity contribution in [3.8, 4) is 0 Å². The maximum Gasteiger partial charge on any atom is 0.221 e. The fourth-order valence-electron chi connectivity index (χ4n) is 1.63. The minimum atomic E-state index is -0.326. The van der Waals surface area contributed by atoms with E-state index in [0.717, 1.165) is 0 Å². The summed E-state index contributed by atoms with van der Waals surface area (Å²) in [6, 6.07) is 6.53. The van der Waals surface area contributed by atoms with Crippen LogP contribution in [0.3, 0.4) is 0 Å². The smallest absolute Gasteiger partial charge is 0.221 e. The number of carbonyl (C=O) groups excluding carboxylic acids is 1. The molecule has 1 saturated carbocycles. The molecule has 3 heteroatoms. The first kappa shape index (κ1) is 8.23. The van der Waals surface area contributed by atoms with E-state index in [1.807, 2.05) is 0 Å². The number of rotatable bonds is 2. The van der Waals surface area contributed by atoms with E-state index in [9.17, 15) is 9.18 Å². The minimum Gasteiger partial charge on any atom is -0.369 e. The first-order valence-electron chi connectivity index (χ1n) is 4.24. The SMILES string of the molecule is NC(=O)[C@H]1C[C@H]1c1ccccc1F. The predicted octanol–water partition coefficient (Wildman–Crippen LogP) is 1.41. The molecule has 0 spiro atoms. The van der Waals surface area contributed by atoms with E-state index in [1.165, 1.54) is 6.07 Å². The average Bonchev–Trinajstić information content (AvgIpc) is 2.84. The first-order chi connectivity index (χ1) is 6.20. The third-order valence-corrected chi connectivity index (χ3v) is 2.46. The normalized spacial score (nSPS) is 25.6. The van der Waals surface area contributed by atoms with Crippen molar-refractivity contribution in [2.24, 2.45) is 11.7 Å². The minimum absolute atomic E-state index is 0.0127. The van der Waals surface area contributed by atoms with E-state index in [1.54, 1.807) is 18.2 Å². The highest BCUT2D eigenvalue weighted by atomic mass is 19.1. The lowest BCUT2D eigenvalue weighted by molar-refractivity contribution is -0.119. The van der Waals surface area contributed by atoms with Crippen LogP contribution in [0.1, 0.15) is 17.9 Å². The number of carbonyl (C=O) groups is 1. The van der Waals surface area contributed by atoms with Crippen LogP contribution in [-0.4, -0.2) is 5.91 Å². The van der Waals surface area contributed by atoms with Crippen molar-refractivity contribution in [2.75, 3.05) is 0 Å². The molecule has 2 atom stereocenters. The summed E-state index contributed by atoms with van der Waals surface area (Å²) in [5.41, 5.74) is 5.73. The van der Waals surface area contributed by atoms with Crippen molar-refractivity contribution in [1.29, 1.82) is 0 Å². The molecule has 0 bridgehead atoms. The number of hydrogen-bond donors (Lipinski definition) is 1. The van der Waals surface area contributed by atoms with Gasteiger partial charge in [-0.1, -0.05) is 18.2 Å². The Bertz CT molecular complexity index is 351. The van der Waals surface area contributed by atoms with Crippen LogP contribution in [0.2, 0.25) is 0 Å². The van der Waals surface area contributed by atoms with Gasteiger partial charge in [-0.2, -0.15) is 0 Å². The molecule has 1 aliphatic rings. The lowest BCUT2D eigenvalue weighted by Crippen LogP contribution is -2.13. The topological polar surface area (TPSA) is 43.1 Å². The second-order valence-electron chi connectivity index (χ2n) is 3.37. The molecule has 1 amide bonds. The molecule has 1 aliphatic carbocycles. The molecule has 1 aromatic rings. The number of benzene rings is 1. The largest absolute Gasteiger partial charge is 0.369 e. The summed E-state index contributed by atoms with van der Waals surface area (Å²) >= 11 is 0. The maximum atomic E-state index is 13.2. The Morgan fingerprint density at radius 1 is 1.46 bits per heavy atom. The van der Waals surface area contributed by atoms with E-state index < -0.39 is 0 Å². The Kier molecular flexibility index (Phi) is 1.79. The van der Waals surface area contributed by atoms with E-state index in [-0.39, 0.29) is 23.6 Å². The highest BCUT2D eigenvalue weighted by molar-refractivity contribution is 5.81. The van der Waals surface area contributed by atoms with Crippen LogP contribution in [0.25, 0.3) is 0 Å². The van der Waals surface area contributed by atoms with Crippen LogP contribution >= 0.6 is 0 Å². The molecule has 13 heavy (non-hydrogen) atoms. The average molecular weight is 179 g/mol. The first-order valence-corrected chi connectivity index (χ1v) is 4.24. The van der Waals surface area contributed by atoms with Crippen LogP contribution in [-0.2, 0) is 4.79 Å². The molecule has 0 unspecified atom stereocenters. The fraction of sp³-hybridized carbons (Fsp3) is 0.300. The van der Waals surface area contributed by atoms with Crippen LogP contribution in [0.4, 0.5) is 4.39 Å². The number of halogens is 1. The molecule has 0 saturated heterocycles. The number of primary amides is 1. The van der Waals surface area contributed by atoms with E-state index in [2.05, 4.69) is 0 Å². The summed E-state index contributed by atoms with van der Waals surface area (Å²) in [5.74, 6) is -0.708. The predicted molar refractivity (Wildman–Crippen MR) is 46.4 cm³/mol. The van der Waals surface area contributed by atoms with Crippen molar-refractivity contribution >= 4 is 5.91 Å². The standard InChI is InChI=1S/C10H10FNO/c11-9-4-2-1-3-6(9)7-5-8(7)10(12)13/h1-4,7-8H,5H2,(H2,12,13)/t7-,8-/m0/s1. The van der Waals surface area contributed by atoms with Crippen LogP contribution in [0, 0.1) is 11.7 Å².